The maximum atomic E-state index is 12.0. The standard InChI is InChI=1S/C13H14N2O4/c16-11-8-4-7-10(15(18)19)12(11)14-13(17)9-5-2-1-3-6-9/h1-2,4,7-9,16H,3,5-6H2,(H,14,17). The fraction of sp³-hybridized carbons (Fsp3) is 0.308. The van der Waals surface area contributed by atoms with Gasteiger partial charge in [0.25, 0.3) is 5.69 Å². The third-order valence-electron chi connectivity index (χ3n) is 3.11. The topological polar surface area (TPSA) is 92.5 Å². The van der Waals surface area contributed by atoms with Gasteiger partial charge in [0.1, 0.15) is 5.75 Å². The summed E-state index contributed by atoms with van der Waals surface area (Å²) in [5.41, 5.74) is -0.438. The number of allylic oxidation sites excluding steroid dienone is 2. The van der Waals surface area contributed by atoms with Crippen molar-refractivity contribution >= 4 is 17.3 Å². The van der Waals surface area contributed by atoms with Gasteiger partial charge in [-0.3, -0.25) is 14.9 Å². The molecule has 2 N–H and O–H groups in total. The van der Waals surface area contributed by atoms with Crippen LogP contribution in [0.3, 0.4) is 0 Å². The number of carbonyl (C=O) groups excluding carboxylic acids is 1. The minimum Gasteiger partial charge on any atom is -0.505 e. The first-order valence-corrected chi connectivity index (χ1v) is 6.02. The van der Waals surface area contributed by atoms with Crippen molar-refractivity contribution in [3.8, 4) is 5.75 Å². The predicted octanol–water partition coefficient (Wildman–Crippen LogP) is 2.60. The van der Waals surface area contributed by atoms with E-state index in [1.807, 2.05) is 12.2 Å². The first-order chi connectivity index (χ1) is 9.09. The van der Waals surface area contributed by atoms with Gasteiger partial charge in [0.15, 0.2) is 5.69 Å². The summed E-state index contributed by atoms with van der Waals surface area (Å²) in [6.07, 6.45) is 6.08. The molecular weight excluding hydrogens is 248 g/mol. The number of nitro benzene ring substituents is 1. The average Bonchev–Trinajstić information content (AvgIpc) is 2.41. The SMILES string of the molecule is O=C(Nc1c(O)cccc1[N+](=O)[O-])C1CC=CCC1. The number of hydrogen-bond acceptors (Lipinski definition) is 4. The molecule has 0 spiro atoms. The Kier molecular flexibility index (Phi) is 3.79. The number of phenolic OH excluding ortho intramolecular Hbond substituents is 1. The number of nitro groups is 1. The van der Waals surface area contributed by atoms with Gasteiger partial charge in [-0.25, -0.2) is 0 Å². The van der Waals surface area contributed by atoms with E-state index in [9.17, 15) is 20.0 Å². The normalized spacial score (nSPS) is 18.0. The number of nitrogens with zero attached hydrogens (tertiary/aromatic N) is 1. The maximum absolute atomic E-state index is 12.0. The lowest BCUT2D eigenvalue weighted by Gasteiger charge is -2.17. The van der Waals surface area contributed by atoms with Crippen LogP contribution in [-0.4, -0.2) is 15.9 Å². The van der Waals surface area contributed by atoms with Crippen LogP contribution in [0, 0.1) is 16.0 Å². The highest BCUT2D eigenvalue weighted by molar-refractivity contribution is 5.96. The third-order valence-corrected chi connectivity index (χ3v) is 3.11. The maximum Gasteiger partial charge on any atom is 0.296 e. The summed E-state index contributed by atoms with van der Waals surface area (Å²) in [5.74, 6) is -0.799. The number of nitrogens with one attached hydrogen (secondary N) is 1. The second kappa shape index (κ2) is 5.51. The Morgan fingerprint density at radius 1 is 1.42 bits per heavy atom. The van der Waals surface area contributed by atoms with E-state index >= 15 is 0 Å². The summed E-state index contributed by atoms with van der Waals surface area (Å²) in [6, 6.07) is 3.92. The molecule has 2 rings (SSSR count). The van der Waals surface area contributed by atoms with Crippen LogP contribution >= 0.6 is 0 Å². The minimum atomic E-state index is -0.629. The second-order valence-corrected chi connectivity index (χ2v) is 4.40. The van der Waals surface area contributed by atoms with E-state index < -0.39 is 4.92 Å². The Hall–Kier alpha value is -2.37. The molecule has 0 fully saturated rings. The zero-order valence-electron chi connectivity index (χ0n) is 10.2. The van der Waals surface area contributed by atoms with Gasteiger partial charge in [0, 0.05) is 12.0 Å². The van der Waals surface area contributed by atoms with Crippen LogP contribution in [0.1, 0.15) is 19.3 Å². The molecule has 100 valence electrons. The lowest BCUT2D eigenvalue weighted by Crippen LogP contribution is -2.24. The Labute approximate surface area is 109 Å². The monoisotopic (exact) mass is 262 g/mol. The summed E-state index contributed by atoms with van der Waals surface area (Å²) in [5, 5.41) is 23.0. The third kappa shape index (κ3) is 2.90. The quantitative estimate of drug-likeness (QED) is 0.379. The Balaban J connectivity index is 2.20. The smallest absolute Gasteiger partial charge is 0.296 e. The van der Waals surface area contributed by atoms with E-state index in [1.54, 1.807) is 0 Å². The van der Waals surface area contributed by atoms with Gasteiger partial charge in [-0.05, 0) is 25.3 Å². The fourth-order valence-electron chi connectivity index (χ4n) is 2.07. The fourth-order valence-corrected chi connectivity index (χ4v) is 2.07. The molecule has 1 atom stereocenters. The van der Waals surface area contributed by atoms with Crippen LogP contribution in [0.15, 0.2) is 30.4 Å². The molecule has 6 nitrogen and oxygen atoms in total. The molecule has 0 aromatic heterocycles. The molecular formula is C13H14N2O4. The van der Waals surface area contributed by atoms with Gasteiger partial charge in [-0.15, -0.1) is 0 Å². The van der Waals surface area contributed by atoms with Crippen molar-refractivity contribution in [2.75, 3.05) is 5.32 Å². The van der Waals surface area contributed by atoms with Crippen LogP contribution in [0.25, 0.3) is 0 Å². The first kappa shape index (κ1) is 13.1. The van der Waals surface area contributed by atoms with E-state index in [-0.39, 0.29) is 28.9 Å². The van der Waals surface area contributed by atoms with Crippen molar-refractivity contribution in [2.45, 2.75) is 19.3 Å². The molecule has 0 saturated heterocycles. The Morgan fingerprint density at radius 2 is 2.21 bits per heavy atom. The van der Waals surface area contributed by atoms with Crippen molar-refractivity contribution in [3.63, 3.8) is 0 Å². The molecule has 1 aliphatic rings. The van der Waals surface area contributed by atoms with Gasteiger partial charge in [0.2, 0.25) is 5.91 Å². The molecule has 1 amide bonds. The largest absolute Gasteiger partial charge is 0.505 e. The lowest BCUT2D eigenvalue weighted by molar-refractivity contribution is -0.384. The number of anilines is 1. The molecule has 1 aliphatic carbocycles. The Bertz CT molecular complexity index is 539. The number of phenols is 1. The van der Waals surface area contributed by atoms with Crippen LogP contribution in [0.2, 0.25) is 0 Å². The molecule has 0 radical (unpaired) electrons. The van der Waals surface area contributed by atoms with Crippen molar-refractivity contribution in [2.24, 2.45) is 5.92 Å². The molecule has 0 aliphatic heterocycles. The summed E-state index contributed by atoms with van der Waals surface area (Å²) in [6.45, 7) is 0. The van der Waals surface area contributed by atoms with E-state index in [1.165, 1.54) is 18.2 Å². The zero-order valence-corrected chi connectivity index (χ0v) is 10.2. The average molecular weight is 262 g/mol. The minimum absolute atomic E-state index is 0.132. The predicted molar refractivity (Wildman–Crippen MR) is 69.9 cm³/mol. The van der Waals surface area contributed by atoms with Crippen molar-refractivity contribution < 1.29 is 14.8 Å². The number of hydrogen-bond donors (Lipinski definition) is 2. The highest BCUT2D eigenvalue weighted by Crippen LogP contribution is 2.34. The molecule has 1 aromatic carbocycles. The first-order valence-electron chi connectivity index (χ1n) is 6.02. The number of rotatable bonds is 3. The van der Waals surface area contributed by atoms with Gasteiger partial charge in [-0.2, -0.15) is 0 Å². The number of carbonyl (C=O) groups is 1. The van der Waals surface area contributed by atoms with Gasteiger partial charge >= 0.3 is 0 Å². The molecule has 1 unspecified atom stereocenters. The molecule has 0 bridgehead atoms. The van der Waals surface area contributed by atoms with Gasteiger partial charge in [0.05, 0.1) is 4.92 Å². The number of benzene rings is 1. The van der Waals surface area contributed by atoms with Crippen LogP contribution in [0.4, 0.5) is 11.4 Å². The number of aromatic hydroxyl groups is 1. The molecule has 6 heteroatoms. The summed E-state index contributed by atoms with van der Waals surface area (Å²) in [7, 11) is 0. The number of amides is 1. The second-order valence-electron chi connectivity index (χ2n) is 4.40. The highest BCUT2D eigenvalue weighted by Gasteiger charge is 2.24. The lowest BCUT2D eigenvalue weighted by atomic mass is 9.93. The van der Waals surface area contributed by atoms with Gasteiger partial charge < -0.3 is 10.4 Å². The number of para-hydroxylation sites is 1. The van der Waals surface area contributed by atoms with E-state index in [4.69, 9.17) is 0 Å². The van der Waals surface area contributed by atoms with E-state index in [2.05, 4.69) is 5.32 Å². The molecule has 19 heavy (non-hydrogen) atoms. The zero-order chi connectivity index (χ0) is 13.8. The Morgan fingerprint density at radius 3 is 2.84 bits per heavy atom. The molecule has 1 aromatic rings. The van der Waals surface area contributed by atoms with Crippen molar-refractivity contribution in [1.82, 2.24) is 0 Å². The summed E-state index contributed by atoms with van der Waals surface area (Å²) in [4.78, 5) is 22.3. The van der Waals surface area contributed by atoms with E-state index in [0.717, 1.165) is 6.42 Å². The summed E-state index contributed by atoms with van der Waals surface area (Å²) < 4.78 is 0. The summed E-state index contributed by atoms with van der Waals surface area (Å²) >= 11 is 0. The molecule has 0 heterocycles. The van der Waals surface area contributed by atoms with Gasteiger partial charge in [-0.1, -0.05) is 18.2 Å². The van der Waals surface area contributed by atoms with Crippen molar-refractivity contribution in [3.05, 3.63) is 40.5 Å². The van der Waals surface area contributed by atoms with E-state index in [0.29, 0.717) is 12.8 Å². The van der Waals surface area contributed by atoms with Crippen molar-refractivity contribution in [1.29, 1.82) is 0 Å². The van der Waals surface area contributed by atoms with Crippen LogP contribution in [-0.2, 0) is 4.79 Å². The highest BCUT2D eigenvalue weighted by atomic mass is 16.6. The molecule has 0 saturated carbocycles. The van der Waals surface area contributed by atoms with Crippen LogP contribution in [0.5, 0.6) is 5.75 Å². The van der Waals surface area contributed by atoms with Crippen LogP contribution < -0.4 is 5.32 Å².